The Balaban J connectivity index is 3.51. The maximum absolute atomic E-state index is 10.9. The number of hydrogen-bond acceptors (Lipinski definition) is 4. The number of hydrogen-bond donors (Lipinski definition) is 2. The molecule has 0 aliphatic rings. The fraction of sp³-hybridized carbons (Fsp3) is 0.300. The highest BCUT2D eigenvalue weighted by Gasteiger charge is 2.19. The average molecular weight is 212 g/mol. The summed E-state index contributed by atoms with van der Waals surface area (Å²) in [7, 11) is 2.70. The Bertz CT molecular complexity index is 397. The SMILES string of the molecule is COc1cc(C(=O)O)c(C)c(OC)c1O. The Labute approximate surface area is 86.9 Å². The maximum atomic E-state index is 10.9. The zero-order valence-corrected chi connectivity index (χ0v) is 8.70. The molecule has 1 aromatic rings. The lowest BCUT2D eigenvalue weighted by atomic mass is 10.1. The summed E-state index contributed by atoms with van der Waals surface area (Å²) in [5.41, 5.74) is 0.407. The van der Waals surface area contributed by atoms with E-state index in [1.165, 1.54) is 20.3 Å². The van der Waals surface area contributed by atoms with Crippen LogP contribution in [0.15, 0.2) is 6.07 Å². The van der Waals surface area contributed by atoms with Gasteiger partial charge in [-0.15, -0.1) is 0 Å². The molecule has 0 unspecified atom stereocenters. The van der Waals surface area contributed by atoms with Crippen molar-refractivity contribution < 1.29 is 24.5 Å². The summed E-state index contributed by atoms with van der Waals surface area (Å²) in [5.74, 6) is -1.09. The molecule has 0 fully saturated rings. The van der Waals surface area contributed by atoms with Crippen LogP contribution in [0.25, 0.3) is 0 Å². The van der Waals surface area contributed by atoms with Crippen LogP contribution in [-0.4, -0.2) is 30.4 Å². The summed E-state index contributed by atoms with van der Waals surface area (Å²) < 4.78 is 9.76. The number of aromatic hydroxyl groups is 1. The van der Waals surface area contributed by atoms with Crippen molar-refractivity contribution in [3.8, 4) is 17.2 Å². The van der Waals surface area contributed by atoms with Crippen molar-refractivity contribution in [1.82, 2.24) is 0 Å². The van der Waals surface area contributed by atoms with Gasteiger partial charge in [-0.25, -0.2) is 4.79 Å². The molecule has 0 radical (unpaired) electrons. The molecule has 5 heteroatoms. The summed E-state index contributed by atoms with van der Waals surface area (Å²) in [4.78, 5) is 10.9. The van der Waals surface area contributed by atoms with Crippen molar-refractivity contribution in [3.05, 3.63) is 17.2 Å². The summed E-state index contributed by atoms with van der Waals surface area (Å²) in [6.07, 6.45) is 0. The topological polar surface area (TPSA) is 76.0 Å². The van der Waals surface area contributed by atoms with E-state index in [-0.39, 0.29) is 22.8 Å². The highest BCUT2D eigenvalue weighted by molar-refractivity contribution is 5.91. The van der Waals surface area contributed by atoms with E-state index in [1.807, 2.05) is 0 Å². The quantitative estimate of drug-likeness (QED) is 0.792. The number of benzene rings is 1. The molecule has 0 bridgehead atoms. The molecule has 1 rings (SSSR count). The summed E-state index contributed by atoms with van der Waals surface area (Å²) in [5, 5.41) is 18.5. The second kappa shape index (κ2) is 4.08. The molecule has 0 aliphatic carbocycles. The number of methoxy groups -OCH3 is 2. The van der Waals surface area contributed by atoms with Crippen molar-refractivity contribution in [2.45, 2.75) is 6.92 Å². The molecule has 2 N–H and O–H groups in total. The lowest BCUT2D eigenvalue weighted by molar-refractivity contribution is 0.0695. The Morgan fingerprint density at radius 2 is 1.93 bits per heavy atom. The van der Waals surface area contributed by atoms with E-state index in [4.69, 9.17) is 14.6 Å². The Kier molecular flexibility index (Phi) is 3.04. The van der Waals surface area contributed by atoms with Gasteiger partial charge in [0, 0.05) is 5.56 Å². The van der Waals surface area contributed by atoms with E-state index in [1.54, 1.807) is 6.92 Å². The van der Waals surface area contributed by atoms with Crippen LogP contribution in [0.1, 0.15) is 15.9 Å². The summed E-state index contributed by atoms with van der Waals surface area (Å²) >= 11 is 0. The first kappa shape index (κ1) is 11.2. The molecule has 0 atom stereocenters. The normalized spacial score (nSPS) is 9.80. The van der Waals surface area contributed by atoms with Crippen molar-refractivity contribution in [1.29, 1.82) is 0 Å². The Morgan fingerprint density at radius 1 is 1.33 bits per heavy atom. The molecular formula is C10H12O5. The standard InChI is InChI=1S/C10H12O5/c1-5-6(10(12)13)4-7(14-2)8(11)9(5)15-3/h4,11H,1-3H3,(H,12,13). The lowest BCUT2D eigenvalue weighted by Gasteiger charge is -2.12. The van der Waals surface area contributed by atoms with Gasteiger partial charge in [0.15, 0.2) is 11.5 Å². The largest absolute Gasteiger partial charge is 0.502 e. The molecule has 82 valence electrons. The van der Waals surface area contributed by atoms with Crippen LogP contribution in [0.3, 0.4) is 0 Å². The smallest absolute Gasteiger partial charge is 0.336 e. The fourth-order valence-corrected chi connectivity index (χ4v) is 1.35. The van der Waals surface area contributed by atoms with E-state index in [2.05, 4.69) is 0 Å². The first-order chi connectivity index (χ1) is 7.02. The van der Waals surface area contributed by atoms with Crippen LogP contribution in [0.5, 0.6) is 17.2 Å². The number of carboxylic acids is 1. The maximum Gasteiger partial charge on any atom is 0.336 e. The average Bonchev–Trinajstić information content (AvgIpc) is 2.18. The van der Waals surface area contributed by atoms with Crippen LogP contribution >= 0.6 is 0 Å². The fourth-order valence-electron chi connectivity index (χ4n) is 1.35. The highest BCUT2D eigenvalue weighted by atomic mass is 16.5. The Morgan fingerprint density at radius 3 is 2.33 bits per heavy atom. The van der Waals surface area contributed by atoms with Gasteiger partial charge in [0.05, 0.1) is 19.8 Å². The minimum atomic E-state index is -1.09. The number of phenols is 1. The number of ether oxygens (including phenoxy) is 2. The molecule has 15 heavy (non-hydrogen) atoms. The van der Waals surface area contributed by atoms with E-state index in [9.17, 15) is 9.90 Å². The van der Waals surface area contributed by atoms with Gasteiger partial charge in [0.2, 0.25) is 5.75 Å². The van der Waals surface area contributed by atoms with Gasteiger partial charge in [0.25, 0.3) is 0 Å². The molecule has 0 spiro atoms. The molecule has 0 amide bonds. The molecule has 0 heterocycles. The molecule has 0 saturated heterocycles. The van der Waals surface area contributed by atoms with Crippen molar-refractivity contribution in [2.24, 2.45) is 0 Å². The van der Waals surface area contributed by atoms with Crippen LogP contribution in [0.4, 0.5) is 0 Å². The number of carbonyl (C=O) groups is 1. The van der Waals surface area contributed by atoms with Crippen molar-refractivity contribution in [3.63, 3.8) is 0 Å². The minimum absolute atomic E-state index is 0.0431. The molecule has 0 aliphatic heterocycles. The zero-order valence-electron chi connectivity index (χ0n) is 8.70. The van der Waals surface area contributed by atoms with Gasteiger partial charge < -0.3 is 19.7 Å². The summed E-state index contributed by atoms with van der Waals surface area (Å²) in [6.45, 7) is 1.56. The molecule has 1 aromatic carbocycles. The van der Waals surface area contributed by atoms with Gasteiger partial charge in [-0.1, -0.05) is 0 Å². The van der Waals surface area contributed by atoms with Gasteiger partial charge in [-0.3, -0.25) is 0 Å². The number of carboxylic acid groups (broad SMARTS) is 1. The lowest BCUT2D eigenvalue weighted by Crippen LogP contribution is -2.03. The van der Waals surface area contributed by atoms with Crippen LogP contribution < -0.4 is 9.47 Å². The second-order valence-corrected chi connectivity index (χ2v) is 2.94. The third kappa shape index (κ3) is 1.81. The molecule has 0 aromatic heterocycles. The van der Waals surface area contributed by atoms with Crippen LogP contribution in [0.2, 0.25) is 0 Å². The third-order valence-electron chi connectivity index (χ3n) is 2.12. The van der Waals surface area contributed by atoms with E-state index >= 15 is 0 Å². The predicted octanol–water partition coefficient (Wildman–Crippen LogP) is 1.42. The second-order valence-electron chi connectivity index (χ2n) is 2.94. The van der Waals surface area contributed by atoms with Gasteiger partial charge >= 0.3 is 5.97 Å². The van der Waals surface area contributed by atoms with Gasteiger partial charge in [-0.2, -0.15) is 0 Å². The number of rotatable bonds is 3. The monoisotopic (exact) mass is 212 g/mol. The third-order valence-corrected chi connectivity index (χ3v) is 2.12. The van der Waals surface area contributed by atoms with E-state index in [0.29, 0.717) is 5.56 Å². The number of phenolic OH excluding ortho intramolecular Hbond substituents is 1. The van der Waals surface area contributed by atoms with E-state index < -0.39 is 5.97 Å². The van der Waals surface area contributed by atoms with Gasteiger partial charge in [0.1, 0.15) is 0 Å². The zero-order chi connectivity index (χ0) is 11.6. The summed E-state index contributed by atoms with van der Waals surface area (Å²) in [6, 6.07) is 1.26. The highest BCUT2D eigenvalue weighted by Crippen LogP contribution is 2.40. The Hall–Kier alpha value is -1.91. The first-order valence-corrected chi connectivity index (χ1v) is 4.20. The van der Waals surface area contributed by atoms with Gasteiger partial charge in [-0.05, 0) is 13.0 Å². The van der Waals surface area contributed by atoms with Crippen molar-refractivity contribution in [2.75, 3.05) is 14.2 Å². The molecule has 5 nitrogen and oxygen atoms in total. The minimum Gasteiger partial charge on any atom is -0.502 e. The van der Waals surface area contributed by atoms with Crippen LogP contribution in [0, 0.1) is 6.92 Å². The molecule has 0 saturated carbocycles. The number of aromatic carboxylic acids is 1. The first-order valence-electron chi connectivity index (χ1n) is 4.20. The van der Waals surface area contributed by atoms with E-state index in [0.717, 1.165) is 0 Å². The van der Waals surface area contributed by atoms with Crippen molar-refractivity contribution >= 4 is 5.97 Å². The van der Waals surface area contributed by atoms with Crippen LogP contribution in [-0.2, 0) is 0 Å². The predicted molar refractivity (Wildman–Crippen MR) is 52.9 cm³/mol. The molecular weight excluding hydrogens is 200 g/mol.